The minimum absolute atomic E-state index is 0.0547. The van der Waals surface area contributed by atoms with Crippen molar-refractivity contribution in [2.24, 2.45) is 5.92 Å². The van der Waals surface area contributed by atoms with E-state index in [4.69, 9.17) is 9.15 Å². The molecular formula is C35H47N3O4. The maximum atomic E-state index is 13.9. The molecule has 2 N–H and O–H groups in total. The quantitative estimate of drug-likeness (QED) is 0.178. The molecule has 0 aliphatic carbocycles. The van der Waals surface area contributed by atoms with E-state index < -0.39 is 6.10 Å². The van der Waals surface area contributed by atoms with E-state index in [9.17, 15) is 9.90 Å². The van der Waals surface area contributed by atoms with Gasteiger partial charge in [0.1, 0.15) is 12.4 Å². The van der Waals surface area contributed by atoms with Crippen molar-refractivity contribution < 1.29 is 19.1 Å². The number of hydrogen-bond acceptors (Lipinski definition) is 5. The van der Waals surface area contributed by atoms with Crippen LogP contribution in [-0.2, 0) is 34.5 Å². The van der Waals surface area contributed by atoms with Crippen molar-refractivity contribution in [3.8, 4) is 0 Å². The molecule has 2 aromatic carbocycles. The number of aliphatic hydroxyl groups excluding tert-OH is 1. The van der Waals surface area contributed by atoms with Crippen LogP contribution in [0.4, 0.5) is 0 Å². The molecule has 4 rings (SSSR count). The van der Waals surface area contributed by atoms with Crippen LogP contribution in [0.25, 0.3) is 10.9 Å². The van der Waals surface area contributed by atoms with Gasteiger partial charge in [-0.2, -0.15) is 0 Å². The summed E-state index contributed by atoms with van der Waals surface area (Å²) in [6.45, 7) is 13.8. The average Bonchev–Trinajstić information content (AvgIpc) is 3.60. The summed E-state index contributed by atoms with van der Waals surface area (Å²) in [6.07, 6.45) is 3.70. The summed E-state index contributed by atoms with van der Waals surface area (Å²) in [7, 11) is 0. The van der Waals surface area contributed by atoms with E-state index in [0.717, 1.165) is 23.3 Å². The Balaban J connectivity index is 1.44. The number of benzene rings is 2. The lowest BCUT2D eigenvalue weighted by Gasteiger charge is -2.30. The lowest BCUT2D eigenvalue weighted by atomic mass is 9.87. The second-order valence-corrected chi connectivity index (χ2v) is 12.7. The highest BCUT2D eigenvalue weighted by Crippen LogP contribution is 2.23. The van der Waals surface area contributed by atoms with Gasteiger partial charge in [-0.15, -0.1) is 0 Å². The standard InChI is InChI=1S/C35H47N3O4/c1-26(2)20-37(22-30(39)24-41-25-31-9-8-18-42-31)23-34(40)38(21-27-12-14-29(15-13-27)35(3,4)5)17-16-28-19-36-33-11-7-6-10-32(28)33/h6-15,18-19,26,30,36,39H,16-17,20-25H2,1-5H3/t30-/m1/s1. The van der Waals surface area contributed by atoms with Crippen molar-refractivity contribution in [3.05, 3.63) is 95.6 Å². The van der Waals surface area contributed by atoms with Crippen molar-refractivity contribution >= 4 is 16.8 Å². The van der Waals surface area contributed by atoms with Gasteiger partial charge in [-0.05, 0) is 52.6 Å². The second-order valence-electron chi connectivity index (χ2n) is 12.7. The van der Waals surface area contributed by atoms with Gasteiger partial charge in [0.05, 0.1) is 25.5 Å². The molecule has 0 radical (unpaired) electrons. The summed E-state index contributed by atoms with van der Waals surface area (Å²) in [4.78, 5) is 21.3. The number of hydrogen-bond donors (Lipinski definition) is 2. The maximum Gasteiger partial charge on any atom is 0.237 e. The van der Waals surface area contributed by atoms with E-state index in [2.05, 4.69) is 87.1 Å². The molecule has 0 aliphatic rings. The molecule has 2 heterocycles. The molecule has 1 amide bonds. The third-order valence-electron chi connectivity index (χ3n) is 7.46. The third-order valence-corrected chi connectivity index (χ3v) is 7.46. The van der Waals surface area contributed by atoms with Crippen molar-refractivity contribution in [2.45, 2.75) is 65.7 Å². The van der Waals surface area contributed by atoms with Crippen LogP contribution in [0, 0.1) is 5.92 Å². The highest BCUT2D eigenvalue weighted by Gasteiger charge is 2.22. The number of aromatic amines is 1. The van der Waals surface area contributed by atoms with Crippen molar-refractivity contribution in [1.82, 2.24) is 14.8 Å². The average molecular weight is 574 g/mol. The molecule has 226 valence electrons. The Morgan fingerprint density at radius 2 is 1.79 bits per heavy atom. The number of para-hydroxylation sites is 1. The highest BCUT2D eigenvalue weighted by atomic mass is 16.5. The minimum atomic E-state index is -0.712. The fourth-order valence-corrected chi connectivity index (χ4v) is 5.27. The lowest BCUT2D eigenvalue weighted by Crippen LogP contribution is -2.45. The van der Waals surface area contributed by atoms with Gasteiger partial charge >= 0.3 is 0 Å². The zero-order valence-electron chi connectivity index (χ0n) is 25.8. The fourth-order valence-electron chi connectivity index (χ4n) is 5.27. The molecule has 0 saturated carbocycles. The molecule has 1 atom stereocenters. The minimum Gasteiger partial charge on any atom is -0.467 e. The van der Waals surface area contributed by atoms with Gasteiger partial charge in [-0.3, -0.25) is 9.69 Å². The van der Waals surface area contributed by atoms with Gasteiger partial charge in [0, 0.05) is 43.3 Å². The van der Waals surface area contributed by atoms with E-state index in [1.165, 1.54) is 16.5 Å². The number of ether oxygens (including phenoxy) is 1. The summed E-state index contributed by atoms with van der Waals surface area (Å²) in [5, 5.41) is 11.9. The van der Waals surface area contributed by atoms with Gasteiger partial charge in [0.15, 0.2) is 0 Å². The van der Waals surface area contributed by atoms with Gasteiger partial charge in [0.2, 0.25) is 5.91 Å². The number of rotatable bonds is 15. The Hall–Kier alpha value is -3.39. The molecule has 2 aromatic heterocycles. The molecule has 0 saturated heterocycles. The first-order valence-corrected chi connectivity index (χ1v) is 15.0. The number of fused-ring (bicyclic) bond motifs is 1. The Morgan fingerprint density at radius 3 is 2.48 bits per heavy atom. The highest BCUT2D eigenvalue weighted by molar-refractivity contribution is 5.83. The van der Waals surface area contributed by atoms with E-state index in [0.29, 0.717) is 38.7 Å². The topological polar surface area (TPSA) is 81.9 Å². The second kappa shape index (κ2) is 14.7. The van der Waals surface area contributed by atoms with Crippen LogP contribution in [-0.4, -0.2) is 64.7 Å². The number of carbonyl (C=O) groups excluding carboxylic acids is 1. The van der Waals surface area contributed by atoms with Gasteiger partial charge in [0.25, 0.3) is 0 Å². The van der Waals surface area contributed by atoms with Crippen molar-refractivity contribution in [2.75, 3.05) is 32.8 Å². The van der Waals surface area contributed by atoms with Gasteiger partial charge in [-0.1, -0.05) is 77.1 Å². The van der Waals surface area contributed by atoms with Gasteiger partial charge < -0.3 is 24.1 Å². The molecule has 0 fully saturated rings. The first kappa shape index (κ1) is 31.5. The third kappa shape index (κ3) is 9.31. The fraction of sp³-hybridized carbons (Fsp3) is 0.457. The van der Waals surface area contributed by atoms with E-state index in [1.807, 2.05) is 29.2 Å². The number of carbonyl (C=O) groups is 1. The first-order valence-electron chi connectivity index (χ1n) is 15.0. The SMILES string of the molecule is CC(C)CN(CC(=O)N(CCc1c[nH]c2ccccc12)Cc1ccc(C(C)(C)C)cc1)C[C@@H](O)COCc1ccco1. The van der Waals surface area contributed by atoms with E-state index >= 15 is 0 Å². The van der Waals surface area contributed by atoms with Crippen molar-refractivity contribution in [1.29, 1.82) is 0 Å². The van der Waals surface area contributed by atoms with E-state index in [-0.39, 0.29) is 24.5 Å². The number of amides is 1. The van der Waals surface area contributed by atoms with Crippen LogP contribution in [0.2, 0.25) is 0 Å². The maximum absolute atomic E-state index is 13.9. The number of aliphatic hydroxyl groups is 1. The zero-order chi connectivity index (χ0) is 30.1. The number of H-pyrrole nitrogens is 1. The van der Waals surface area contributed by atoms with Crippen LogP contribution < -0.4 is 0 Å². The van der Waals surface area contributed by atoms with Crippen LogP contribution in [0.5, 0.6) is 0 Å². The van der Waals surface area contributed by atoms with Crippen molar-refractivity contribution in [3.63, 3.8) is 0 Å². The first-order chi connectivity index (χ1) is 20.1. The molecule has 7 nitrogen and oxygen atoms in total. The van der Waals surface area contributed by atoms with Crippen LogP contribution in [0.1, 0.15) is 57.1 Å². The van der Waals surface area contributed by atoms with Crippen LogP contribution in [0.3, 0.4) is 0 Å². The predicted molar refractivity (Wildman–Crippen MR) is 168 cm³/mol. The predicted octanol–water partition coefficient (Wildman–Crippen LogP) is 6.17. The smallest absolute Gasteiger partial charge is 0.237 e. The summed E-state index contributed by atoms with van der Waals surface area (Å²) in [6, 6.07) is 20.5. The molecule has 0 bridgehead atoms. The number of nitrogens with zero attached hydrogens (tertiary/aromatic N) is 2. The molecule has 7 heteroatoms. The number of nitrogens with one attached hydrogen (secondary N) is 1. The summed E-state index contributed by atoms with van der Waals surface area (Å²) >= 11 is 0. The Labute approximate surface area is 250 Å². The molecular weight excluding hydrogens is 526 g/mol. The Bertz CT molecular complexity index is 1370. The summed E-state index contributed by atoms with van der Waals surface area (Å²) in [5.41, 5.74) is 4.76. The zero-order valence-corrected chi connectivity index (χ0v) is 25.8. The number of aromatic nitrogens is 1. The molecule has 0 spiro atoms. The normalized spacial score (nSPS) is 12.9. The monoisotopic (exact) mass is 573 g/mol. The molecule has 0 unspecified atom stereocenters. The molecule has 4 aromatic rings. The van der Waals surface area contributed by atoms with Gasteiger partial charge in [-0.25, -0.2) is 0 Å². The lowest BCUT2D eigenvalue weighted by molar-refractivity contribution is -0.133. The summed E-state index contributed by atoms with van der Waals surface area (Å²) in [5.74, 6) is 1.12. The summed E-state index contributed by atoms with van der Waals surface area (Å²) < 4.78 is 11.0. The molecule has 0 aliphatic heterocycles. The number of furan rings is 1. The Kier molecular flexibility index (Phi) is 11.0. The van der Waals surface area contributed by atoms with Crippen LogP contribution >= 0.6 is 0 Å². The van der Waals surface area contributed by atoms with Crippen LogP contribution in [0.15, 0.2) is 77.5 Å². The Morgan fingerprint density at radius 1 is 1.02 bits per heavy atom. The molecule has 42 heavy (non-hydrogen) atoms. The van der Waals surface area contributed by atoms with E-state index in [1.54, 1.807) is 6.26 Å². The largest absolute Gasteiger partial charge is 0.467 e.